The second kappa shape index (κ2) is 5.01. The summed E-state index contributed by atoms with van der Waals surface area (Å²) in [7, 11) is 0. The lowest BCUT2D eigenvalue weighted by molar-refractivity contribution is -0.129. The van der Waals surface area contributed by atoms with Gasteiger partial charge in [-0.3, -0.25) is 4.79 Å². The van der Waals surface area contributed by atoms with E-state index in [9.17, 15) is 4.79 Å². The maximum absolute atomic E-state index is 11.4. The number of primary amides is 1. The van der Waals surface area contributed by atoms with Gasteiger partial charge in [0.15, 0.2) is 6.10 Å². The zero-order chi connectivity index (χ0) is 12.3. The molecule has 4 heteroatoms. The summed E-state index contributed by atoms with van der Waals surface area (Å²) >= 11 is 0. The highest BCUT2D eigenvalue weighted by atomic mass is 16.5. The number of amides is 1. The first kappa shape index (κ1) is 11.7. The molecule has 1 aromatic heterocycles. The van der Waals surface area contributed by atoms with E-state index in [1.54, 1.807) is 12.3 Å². The van der Waals surface area contributed by atoms with Crippen molar-refractivity contribution < 1.29 is 13.9 Å². The van der Waals surface area contributed by atoms with Crippen LogP contribution in [0.3, 0.4) is 0 Å². The highest BCUT2D eigenvalue weighted by Crippen LogP contribution is 2.27. The molecule has 2 N–H and O–H groups in total. The van der Waals surface area contributed by atoms with E-state index in [2.05, 4.69) is 0 Å². The summed E-state index contributed by atoms with van der Waals surface area (Å²) in [4.78, 5) is 11.4. The Bertz CT molecular complexity index is 518. The summed E-state index contributed by atoms with van der Waals surface area (Å²) in [6, 6.07) is 7.42. The van der Waals surface area contributed by atoms with E-state index < -0.39 is 12.0 Å². The van der Waals surface area contributed by atoms with E-state index >= 15 is 0 Å². The predicted molar refractivity (Wildman–Crippen MR) is 64.4 cm³/mol. The molecule has 0 fully saturated rings. The summed E-state index contributed by atoms with van der Waals surface area (Å²) in [6.07, 6.45) is 1.68. The first-order valence-corrected chi connectivity index (χ1v) is 5.61. The van der Waals surface area contributed by atoms with Crippen molar-refractivity contribution in [2.45, 2.75) is 19.4 Å². The van der Waals surface area contributed by atoms with Gasteiger partial charge in [-0.1, -0.05) is 25.1 Å². The molecule has 0 aliphatic rings. The van der Waals surface area contributed by atoms with Crippen molar-refractivity contribution in [1.82, 2.24) is 0 Å². The Morgan fingerprint density at radius 3 is 3.00 bits per heavy atom. The average Bonchev–Trinajstić information content (AvgIpc) is 2.77. The third-order valence-electron chi connectivity index (χ3n) is 2.54. The van der Waals surface area contributed by atoms with Crippen molar-refractivity contribution in [2.24, 2.45) is 5.73 Å². The Balaban J connectivity index is 2.40. The minimum absolute atomic E-state index is 0.491. The number of rotatable bonds is 5. The quantitative estimate of drug-likeness (QED) is 0.862. The average molecular weight is 233 g/mol. The SMILES string of the molecule is CCCOC(C(N)=O)c1cccc2ccoc12. The van der Waals surface area contributed by atoms with E-state index in [-0.39, 0.29) is 0 Å². The maximum Gasteiger partial charge on any atom is 0.251 e. The first-order chi connectivity index (χ1) is 8.24. The topological polar surface area (TPSA) is 65.5 Å². The molecule has 0 aliphatic carbocycles. The molecule has 0 saturated heterocycles. The Labute approximate surface area is 99.3 Å². The number of para-hydroxylation sites is 1. The zero-order valence-corrected chi connectivity index (χ0v) is 9.68. The zero-order valence-electron chi connectivity index (χ0n) is 9.68. The summed E-state index contributed by atoms with van der Waals surface area (Å²) in [5, 5.41) is 0.939. The van der Waals surface area contributed by atoms with Crippen molar-refractivity contribution in [3.05, 3.63) is 36.1 Å². The molecule has 1 amide bonds. The summed E-state index contributed by atoms with van der Waals surface area (Å²) < 4.78 is 10.9. The maximum atomic E-state index is 11.4. The van der Waals surface area contributed by atoms with Gasteiger partial charge in [0.1, 0.15) is 5.58 Å². The number of fused-ring (bicyclic) bond motifs is 1. The van der Waals surface area contributed by atoms with Crippen LogP contribution in [0, 0.1) is 0 Å². The van der Waals surface area contributed by atoms with Crippen LogP contribution in [-0.4, -0.2) is 12.5 Å². The summed E-state index contributed by atoms with van der Waals surface area (Å²) in [5.74, 6) is -0.498. The first-order valence-electron chi connectivity index (χ1n) is 5.61. The molecule has 1 unspecified atom stereocenters. The molecule has 2 rings (SSSR count). The van der Waals surface area contributed by atoms with E-state index in [1.165, 1.54) is 0 Å². The van der Waals surface area contributed by atoms with Crippen LogP contribution in [0.4, 0.5) is 0 Å². The number of nitrogens with two attached hydrogens (primary N) is 1. The molecular weight excluding hydrogens is 218 g/mol. The fraction of sp³-hybridized carbons (Fsp3) is 0.308. The molecule has 1 heterocycles. The van der Waals surface area contributed by atoms with Crippen molar-refractivity contribution in [2.75, 3.05) is 6.61 Å². The van der Waals surface area contributed by atoms with Gasteiger partial charge in [0.2, 0.25) is 0 Å². The molecule has 0 radical (unpaired) electrons. The predicted octanol–water partition coefficient (Wildman–Crippen LogP) is 2.39. The Morgan fingerprint density at radius 1 is 1.47 bits per heavy atom. The molecule has 17 heavy (non-hydrogen) atoms. The molecule has 0 bridgehead atoms. The number of hydrogen-bond acceptors (Lipinski definition) is 3. The van der Waals surface area contributed by atoms with Crippen LogP contribution < -0.4 is 5.73 Å². The standard InChI is InChI=1S/C13H15NO3/c1-2-7-16-12(13(14)15)10-5-3-4-9-6-8-17-11(9)10/h3-6,8,12H,2,7H2,1H3,(H2,14,15). The van der Waals surface area contributed by atoms with E-state index in [0.717, 1.165) is 11.8 Å². The molecule has 1 aromatic carbocycles. The molecule has 2 aromatic rings. The van der Waals surface area contributed by atoms with Crippen LogP contribution in [0.5, 0.6) is 0 Å². The Morgan fingerprint density at radius 2 is 2.29 bits per heavy atom. The van der Waals surface area contributed by atoms with E-state index in [0.29, 0.717) is 17.8 Å². The smallest absolute Gasteiger partial charge is 0.251 e. The normalized spacial score (nSPS) is 12.8. The highest BCUT2D eigenvalue weighted by molar-refractivity contribution is 5.88. The molecule has 0 spiro atoms. The van der Waals surface area contributed by atoms with Crippen LogP contribution in [0.15, 0.2) is 34.9 Å². The lowest BCUT2D eigenvalue weighted by Crippen LogP contribution is -2.24. The second-order valence-electron chi connectivity index (χ2n) is 3.84. The number of carbonyl (C=O) groups is 1. The lowest BCUT2D eigenvalue weighted by atomic mass is 10.1. The molecule has 0 aliphatic heterocycles. The van der Waals surface area contributed by atoms with Gasteiger partial charge in [-0.15, -0.1) is 0 Å². The van der Waals surface area contributed by atoms with Gasteiger partial charge < -0.3 is 14.9 Å². The van der Waals surface area contributed by atoms with Crippen molar-refractivity contribution >= 4 is 16.9 Å². The van der Waals surface area contributed by atoms with Crippen LogP contribution in [0.2, 0.25) is 0 Å². The number of ether oxygens (including phenoxy) is 1. The van der Waals surface area contributed by atoms with Crippen LogP contribution in [0.1, 0.15) is 25.0 Å². The largest absolute Gasteiger partial charge is 0.464 e. The summed E-state index contributed by atoms with van der Waals surface area (Å²) in [6.45, 7) is 2.47. The Kier molecular flexibility index (Phi) is 3.44. The van der Waals surface area contributed by atoms with Crippen molar-refractivity contribution in [1.29, 1.82) is 0 Å². The van der Waals surface area contributed by atoms with Gasteiger partial charge >= 0.3 is 0 Å². The molecule has 1 atom stereocenters. The molecule has 0 saturated carbocycles. The molecule has 90 valence electrons. The number of furan rings is 1. The minimum Gasteiger partial charge on any atom is -0.464 e. The highest BCUT2D eigenvalue weighted by Gasteiger charge is 2.21. The monoisotopic (exact) mass is 233 g/mol. The molecular formula is C13H15NO3. The van der Waals surface area contributed by atoms with Gasteiger partial charge in [-0.25, -0.2) is 0 Å². The van der Waals surface area contributed by atoms with Crippen LogP contribution in [0.25, 0.3) is 11.0 Å². The van der Waals surface area contributed by atoms with Gasteiger partial charge in [-0.05, 0) is 12.5 Å². The Hall–Kier alpha value is -1.81. The number of benzene rings is 1. The van der Waals surface area contributed by atoms with Gasteiger partial charge in [-0.2, -0.15) is 0 Å². The van der Waals surface area contributed by atoms with Crippen LogP contribution >= 0.6 is 0 Å². The third kappa shape index (κ3) is 2.31. The molecule has 4 nitrogen and oxygen atoms in total. The van der Waals surface area contributed by atoms with E-state index in [1.807, 2.05) is 25.1 Å². The van der Waals surface area contributed by atoms with Crippen molar-refractivity contribution in [3.63, 3.8) is 0 Å². The second-order valence-corrected chi connectivity index (χ2v) is 3.84. The van der Waals surface area contributed by atoms with Crippen molar-refractivity contribution in [3.8, 4) is 0 Å². The van der Waals surface area contributed by atoms with Gasteiger partial charge in [0.25, 0.3) is 5.91 Å². The van der Waals surface area contributed by atoms with Gasteiger partial charge in [0.05, 0.1) is 6.26 Å². The number of carbonyl (C=O) groups excluding carboxylic acids is 1. The van der Waals surface area contributed by atoms with Gasteiger partial charge in [0, 0.05) is 17.6 Å². The summed E-state index contributed by atoms with van der Waals surface area (Å²) in [5.41, 5.74) is 6.71. The van der Waals surface area contributed by atoms with E-state index in [4.69, 9.17) is 14.9 Å². The minimum atomic E-state index is -0.746. The third-order valence-corrected chi connectivity index (χ3v) is 2.54. The van der Waals surface area contributed by atoms with Crippen LogP contribution in [-0.2, 0) is 9.53 Å². The lowest BCUT2D eigenvalue weighted by Gasteiger charge is -2.14. The fourth-order valence-corrected chi connectivity index (χ4v) is 1.78. The fourth-order valence-electron chi connectivity index (χ4n) is 1.78. The number of hydrogen-bond donors (Lipinski definition) is 1.